The number of carbonyl (C=O) groups excluding carboxylic acids is 2. The lowest BCUT2D eigenvalue weighted by molar-refractivity contribution is -0.128. The largest absolute Gasteiger partial charge is 0.351 e. The molecule has 0 atom stereocenters. The van der Waals surface area contributed by atoms with Gasteiger partial charge in [-0.3, -0.25) is 9.59 Å². The van der Waals surface area contributed by atoms with E-state index in [4.69, 9.17) is 0 Å². The maximum absolute atomic E-state index is 13.1. The third kappa shape index (κ3) is 5.40. The van der Waals surface area contributed by atoms with Crippen LogP contribution in [0.4, 0.5) is 8.78 Å². The molecule has 3 rings (SSSR count). The standard InChI is InChI=1S/C21H21F2N3O2S2/c1-21(2,3)20(28)24-10-12-8-9-16(30-12)15(27)11-29-19-13-6-4-5-7-14(13)25-18(26-19)17(22)23/h4-9,17H,10-11H2,1-3H3,(H,24,28). The van der Waals surface area contributed by atoms with Gasteiger partial charge in [0.05, 0.1) is 22.7 Å². The Bertz CT molecular complexity index is 1080. The van der Waals surface area contributed by atoms with E-state index in [0.29, 0.717) is 27.4 Å². The van der Waals surface area contributed by atoms with Gasteiger partial charge in [0.25, 0.3) is 6.43 Å². The molecule has 158 valence electrons. The van der Waals surface area contributed by atoms with Crippen LogP contribution in [0.2, 0.25) is 0 Å². The number of aromatic nitrogens is 2. The Kier molecular flexibility index (Phi) is 6.82. The van der Waals surface area contributed by atoms with Crippen LogP contribution in [0.15, 0.2) is 41.4 Å². The van der Waals surface area contributed by atoms with Gasteiger partial charge in [0.2, 0.25) is 5.91 Å². The van der Waals surface area contributed by atoms with Gasteiger partial charge in [0.15, 0.2) is 11.6 Å². The summed E-state index contributed by atoms with van der Waals surface area (Å²) in [6.07, 6.45) is -2.78. The van der Waals surface area contributed by atoms with Gasteiger partial charge >= 0.3 is 0 Å². The maximum atomic E-state index is 13.1. The van der Waals surface area contributed by atoms with Gasteiger partial charge in [-0.05, 0) is 18.2 Å². The predicted octanol–water partition coefficient (Wildman–Crippen LogP) is 5.27. The highest BCUT2D eigenvalue weighted by Crippen LogP contribution is 2.29. The van der Waals surface area contributed by atoms with Crippen molar-refractivity contribution in [2.45, 2.75) is 38.8 Å². The zero-order valence-corrected chi connectivity index (χ0v) is 18.4. The highest BCUT2D eigenvalue weighted by Gasteiger charge is 2.21. The first-order chi connectivity index (χ1) is 14.1. The summed E-state index contributed by atoms with van der Waals surface area (Å²) in [6.45, 7) is 5.85. The number of benzene rings is 1. The van der Waals surface area contributed by atoms with Gasteiger partial charge in [0.1, 0.15) is 5.03 Å². The van der Waals surface area contributed by atoms with Gasteiger partial charge in [-0.15, -0.1) is 11.3 Å². The first-order valence-corrected chi connectivity index (χ1v) is 11.0. The number of ketones is 1. The smallest absolute Gasteiger partial charge is 0.297 e. The van der Waals surface area contributed by atoms with Gasteiger partial charge < -0.3 is 5.32 Å². The first kappa shape index (κ1) is 22.3. The van der Waals surface area contributed by atoms with Crippen LogP contribution >= 0.6 is 23.1 Å². The molecular weight excluding hydrogens is 428 g/mol. The summed E-state index contributed by atoms with van der Waals surface area (Å²) in [5.41, 5.74) is -0.0602. The molecule has 0 bridgehead atoms. The number of Topliss-reactive ketones (excluding diaryl/α,β-unsaturated/α-hetero) is 1. The second kappa shape index (κ2) is 9.18. The second-order valence-corrected chi connectivity index (χ2v) is 9.75. The van der Waals surface area contributed by atoms with E-state index in [1.807, 2.05) is 20.8 Å². The zero-order chi connectivity index (χ0) is 21.9. The Morgan fingerprint density at radius 2 is 1.87 bits per heavy atom. The van der Waals surface area contributed by atoms with Crippen LogP contribution < -0.4 is 5.32 Å². The SMILES string of the molecule is CC(C)(C)C(=O)NCc1ccc(C(=O)CSc2nc(C(F)F)nc3ccccc23)s1. The fourth-order valence-electron chi connectivity index (χ4n) is 2.53. The van der Waals surface area contributed by atoms with Crippen molar-refractivity contribution in [3.05, 3.63) is 52.0 Å². The molecule has 0 aliphatic carbocycles. The number of para-hydroxylation sites is 1. The van der Waals surface area contributed by atoms with E-state index in [9.17, 15) is 18.4 Å². The van der Waals surface area contributed by atoms with Crippen molar-refractivity contribution >= 4 is 45.7 Å². The van der Waals surface area contributed by atoms with Crippen LogP contribution in [0.1, 0.15) is 47.6 Å². The van der Waals surface area contributed by atoms with E-state index >= 15 is 0 Å². The number of fused-ring (bicyclic) bond motifs is 1. The summed E-state index contributed by atoms with van der Waals surface area (Å²) >= 11 is 2.43. The van der Waals surface area contributed by atoms with Crippen molar-refractivity contribution in [1.29, 1.82) is 0 Å². The third-order valence-corrected chi connectivity index (χ3v) is 6.28. The summed E-state index contributed by atoms with van der Waals surface area (Å²) in [4.78, 5) is 33.8. The summed E-state index contributed by atoms with van der Waals surface area (Å²) in [6, 6.07) is 10.4. The molecule has 2 heterocycles. The average Bonchev–Trinajstić information content (AvgIpc) is 3.18. The summed E-state index contributed by atoms with van der Waals surface area (Å²) in [5.74, 6) is -0.668. The lowest BCUT2D eigenvalue weighted by atomic mass is 9.96. The van der Waals surface area contributed by atoms with E-state index in [1.165, 1.54) is 11.3 Å². The number of hydrogen-bond donors (Lipinski definition) is 1. The quantitative estimate of drug-likeness (QED) is 0.302. The molecule has 0 saturated heterocycles. The first-order valence-electron chi connectivity index (χ1n) is 9.23. The molecule has 5 nitrogen and oxygen atoms in total. The molecule has 0 spiro atoms. The van der Waals surface area contributed by atoms with E-state index in [2.05, 4.69) is 15.3 Å². The maximum Gasteiger partial charge on any atom is 0.297 e. The van der Waals surface area contributed by atoms with Crippen molar-refractivity contribution in [2.24, 2.45) is 5.41 Å². The van der Waals surface area contributed by atoms with Gasteiger partial charge in [0, 0.05) is 15.7 Å². The average molecular weight is 450 g/mol. The van der Waals surface area contributed by atoms with Crippen LogP contribution in [0.3, 0.4) is 0 Å². The molecule has 0 radical (unpaired) electrons. The molecule has 9 heteroatoms. The number of carbonyl (C=O) groups is 2. The van der Waals surface area contributed by atoms with Crippen molar-refractivity contribution in [2.75, 3.05) is 5.75 Å². The highest BCUT2D eigenvalue weighted by molar-refractivity contribution is 8.00. The minimum absolute atomic E-state index is 0.0650. The molecular formula is C21H21F2N3O2S2. The summed E-state index contributed by atoms with van der Waals surface area (Å²) < 4.78 is 26.2. The Morgan fingerprint density at radius 3 is 2.57 bits per heavy atom. The number of halogens is 2. The Balaban J connectivity index is 1.68. The van der Waals surface area contributed by atoms with E-state index in [1.54, 1.807) is 36.4 Å². The number of rotatable bonds is 7. The minimum atomic E-state index is -2.78. The lowest BCUT2D eigenvalue weighted by Crippen LogP contribution is -2.34. The predicted molar refractivity (Wildman–Crippen MR) is 115 cm³/mol. The number of amides is 1. The van der Waals surface area contributed by atoms with Crippen LogP contribution in [-0.4, -0.2) is 27.4 Å². The number of nitrogens with one attached hydrogen (secondary N) is 1. The molecule has 1 aromatic carbocycles. The molecule has 1 amide bonds. The summed E-state index contributed by atoms with van der Waals surface area (Å²) in [5, 5.41) is 3.85. The zero-order valence-electron chi connectivity index (χ0n) is 16.7. The van der Waals surface area contributed by atoms with E-state index in [-0.39, 0.29) is 17.4 Å². The van der Waals surface area contributed by atoms with Crippen LogP contribution in [0.5, 0.6) is 0 Å². The fourth-order valence-corrected chi connectivity index (χ4v) is 4.42. The summed E-state index contributed by atoms with van der Waals surface area (Å²) in [7, 11) is 0. The number of thiophene rings is 1. The normalized spacial score (nSPS) is 11.8. The third-order valence-electron chi connectivity index (χ3n) is 4.16. The lowest BCUT2D eigenvalue weighted by Gasteiger charge is -2.17. The molecule has 0 aliphatic rings. The van der Waals surface area contributed by atoms with Crippen LogP contribution in [0, 0.1) is 5.41 Å². The van der Waals surface area contributed by atoms with Gasteiger partial charge in [-0.25, -0.2) is 18.7 Å². The molecule has 0 fully saturated rings. The van der Waals surface area contributed by atoms with Crippen molar-refractivity contribution in [3.8, 4) is 0 Å². The number of nitrogens with zero attached hydrogens (tertiary/aromatic N) is 2. The van der Waals surface area contributed by atoms with Gasteiger partial charge in [-0.1, -0.05) is 50.7 Å². The number of hydrogen-bond acceptors (Lipinski definition) is 6. The van der Waals surface area contributed by atoms with E-state index < -0.39 is 17.7 Å². The number of thioether (sulfide) groups is 1. The molecule has 2 aromatic heterocycles. The highest BCUT2D eigenvalue weighted by atomic mass is 32.2. The van der Waals surface area contributed by atoms with Gasteiger partial charge in [-0.2, -0.15) is 0 Å². The molecule has 0 saturated carbocycles. The fraction of sp³-hybridized carbons (Fsp3) is 0.333. The van der Waals surface area contributed by atoms with Crippen molar-refractivity contribution in [3.63, 3.8) is 0 Å². The second-order valence-electron chi connectivity index (χ2n) is 7.62. The molecule has 30 heavy (non-hydrogen) atoms. The van der Waals surface area contributed by atoms with Crippen LogP contribution in [-0.2, 0) is 11.3 Å². The molecule has 1 N–H and O–H groups in total. The van der Waals surface area contributed by atoms with Crippen LogP contribution in [0.25, 0.3) is 10.9 Å². The minimum Gasteiger partial charge on any atom is -0.351 e. The molecule has 0 unspecified atom stereocenters. The molecule has 0 aliphatic heterocycles. The monoisotopic (exact) mass is 449 g/mol. The Labute approximate surface area is 181 Å². The Hall–Kier alpha value is -2.39. The van der Waals surface area contributed by atoms with Crippen molar-refractivity contribution < 1.29 is 18.4 Å². The van der Waals surface area contributed by atoms with E-state index in [0.717, 1.165) is 16.6 Å². The topological polar surface area (TPSA) is 72.0 Å². The number of alkyl halides is 2. The van der Waals surface area contributed by atoms with Crippen molar-refractivity contribution in [1.82, 2.24) is 15.3 Å². The molecule has 3 aromatic rings. The Morgan fingerprint density at radius 1 is 1.13 bits per heavy atom.